The van der Waals surface area contributed by atoms with E-state index in [4.69, 9.17) is 0 Å². The second kappa shape index (κ2) is 11.3. The first-order valence-corrected chi connectivity index (χ1v) is 13.6. The van der Waals surface area contributed by atoms with Crippen LogP contribution in [0.3, 0.4) is 0 Å². The van der Waals surface area contributed by atoms with E-state index in [1.54, 1.807) is 19.2 Å². The number of amides is 2. The number of aromatic nitrogens is 2. The number of nitrogens with zero attached hydrogens (tertiary/aromatic N) is 2. The number of hydrogen-bond donors (Lipinski definition) is 3. The Morgan fingerprint density at radius 1 is 1.02 bits per heavy atom. The Labute approximate surface area is 232 Å². The Kier molecular flexibility index (Phi) is 7.64. The number of carbonyl (C=O) groups excluding carboxylic acids is 2. The minimum atomic E-state index is -1.40. The quantitative estimate of drug-likeness (QED) is 0.198. The average molecular weight is 540 g/mol. The molecule has 0 unspecified atom stereocenters. The van der Waals surface area contributed by atoms with Gasteiger partial charge in [-0.15, -0.1) is 0 Å². The van der Waals surface area contributed by atoms with Crippen molar-refractivity contribution in [2.24, 2.45) is 0 Å². The molecule has 5 rings (SSSR count). The van der Waals surface area contributed by atoms with Crippen LogP contribution in [0.15, 0.2) is 79.1 Å². The molecule has 0 bridgehead atoms. The lowest BCUT2D eigenvalue weighted by molar-refractivity contribution is -0.385. The molecule has 0 aliphatic heterocycles. The monoisotopic (exact) mass is 539 g/mol. The van der Waals surface area contributed by atoms with Crippen molar-refractivity contribution in [3.05, 3.63) is 106 Å². The third-order valence-corrected chi connectivity index (χ3v) is 8.06. The third-order valence-electron chi connectivity index (χ3n) is 8.06. The highest BCUT2D eigenvalue weighted by Crippen LogP contribution is 2.38. The summed E-state index contributed by atoms with van der Waals surface area (Å²) in [6, 6.07) is 19.4. The van der Waals surface area contributed by atoms with E-state index in [1.807, 2.05) is 48.7 Å². The van der Waals surface area contributed by atoms with Crippen LogP contribution in [0.1, 0.15) is 60.6 Å². The Bertz CT molecular complexity index is 1530. The van der Waals surface area contributed by atoms with Gasteiger partial charge in [0.1, 0.15) is 11.1 Å². The standard InChI is InChI=1S/C31H33N5O4/c1-30(19-22-20-33-25-13-5-3-11-23(22)25,35-28(37)24-12-4-6-14-26(24)36(39)40)29(38)34-21-31(16-8-2-9-17-31)27-15-7-10-18-32-27/h3-7,10-15,18,20,33H,2,8-9,16-17,19,21H2,1H3,(H,34,38)(H,35,37)/t30-/m0/s1. The van der Waals surface area contributed by atoms with E-state index in [0.29, 0.717) is 6.54 Å². The number of nitro groups is 1. The number of pyridine rings is 1. The van der Waals surface area contributed by atoms with Crippen molar-refractivity contribution in [2.75, 3.05) is 6.54 Å². The van der Waals surface area contributed by atoms with Gasteiger partial charge >= 0.3 is 0 Å². The van der Waals surface area contributed by atoms with Crippen LogP contribution < -0.4 is 10.6 Å². The molecule has 40 heavy (non-hydrogen) atoms. The molecule has 1 atom stereocenters. The van der Waals surface area contributed by atoms with Gasteiger partial charge in [-0.1, -0.05) is 55.7 Å². The van der Waals surface area contributed by atoms with E-state index in [-0.39, 0.29) is 29.0 Å². The number of para-hydroxylation sites is 2. The summed E-state index contributed by atoms with van der Waals surface area (Å²) in [6.07, 6.45) is 8.86. The van der Waals surface area contributed by atoms with Crippen molar-refractivity contribution < 1.29 is 14.5 Å². The number of carbonyl (C=O) groups is 2. The molecule has 2 amide bonds. The summed E-state index contributed by atoms with van der Waals surface area (Å²) in [5, 5.41) is 18.6. The smallest absolute Gasteiger partial charge is 0.282 e. The van der Waals surface area contributed by atoms with Gasteiger partial charge in [0.25, 0.3) is 11.6 Å². The van der Waals surface area contributed by atoms with E-state index in [0.717, 1.165) is 54.3 Å². The number of nitrogens with one attached hydrogen (secondary N) is 3. The highest BCUT2D eigenvalue weighted by Gasteiger charge is 2.40. The summed E-state index contributed by atoms with van der Waals surface area (Å²) in [4.78, 5) is 46.4. The fourth-order valence-corrected chi connectivity index (χ4v) is 5.86. The molecule has 1 aliphatic carbocycles. The van der Waals surface area contributed by atoms with Crippen molar-refractivity contribution in [2.45, 2.75) is 56.4 Å². The predicted octanol–water partition coefficient (Wildman–Crippen LogP) is 5.22. The van der Waals surface area contributed by atoms with E-state index in [2.05, 4.69) is 20.6 Å². The first kappa shape index (κ1) is 27.1. The van der Waals surface area contributed by atoms with Gasteiger partial charge < -0.3 is 15.6 Å². The number of benzene rings is 2. The lowest BCUT2D eigenvalue weighted by Gasteiger charge is -2.38. The van der Waals surface area contributed by atoms with Gasteiger partial charge in [0.15, 0.2) is 0 Å². The Balaban J connectivity index is 1.46. The second-order valence-electron chi connectivity index (χ2n) is 10.8. The molecular weight excluding hydrogens is 506 g/mol. The van der Waals surface area contributed by atoms with Crippen LogP contribution in [0.4, 0.5) is 5.69 Å². The molecule has 1 saturated carbocycles. The second-order valence-corrected chi connectivity index (χ2v) is 10.8. The molecule has 9 nitrogen and oxygen atoms in total. The molecule has 0 radical (unpaired) electrons. The topological polar surface area (TPSA) is 130 Å². The minimum absolute atomic E-state index is 0.0947. The Morgan fingerprint density at radius 2 is 1.75 bits per heavy atom. The largest absolute Gasteiger partial charge is 0.361 e. The van der Waals surface area contributed by atoms with Crippen LogP contribution in [0.25, 0.3) is 10.9 Å². The van der Waals surface area contributed by atoms with Crippen LogP contribution in [-0.2, 0) is 16.6 Å². The zero-order valence-electron chi connectivity index (χ0n) is 22.5. The van der Waals surface area contributed by atoms with Crippen LogP contribution in [0, 0.1) is 10.1 Å². The van der Waals surface area contributed by atoms with Crippen molar-refractivity contribution in [3.8, 4) is 0 Å². The van der Waals surface area contributed by atoms with Gasteiger partial charge in [-0.3, -0.25) is 24.7 Å². The highest BCUT2D eigenvalue weighted by molar-refractivity contribution is 6.02. The summed E-state index contributed by atoms with van der Waals surface area (Å²) >= 11 is 0. The van der Waals surface area contributed by atoms with E-state index >= 15 is 0 Å². The fourth-order valence-electron chi connectivity index (χ4n) is 5.86. The summed E-state index contributed by atoms with van der Waals surface area (Å²) in [6.45, 7) is 2.05. The maximum absolute atomic E-state index is 14.0. The lowest BCUT2D eigenvalue weighted by Crippen LogP contribution is -2.59. The zero-order valence-corrected chi connectivity index (χ0v) is 22.5. The van der Waals surface area contributed by atoms with Crippen LogP contribution >= 0.6 is 0 Å². The molecule has 2 heterocycles. The maximum Gasteiger partial charge on any atom is 0.282 e. The van der Waals surface area contributed by atoms with Crippen molar-refractivity contribution >= 4 is 28.4 Å². The molecule has 0 spiro atoms. The van der Waals surface area contributed by atoms with E-state index in [9.17, 15) is 19.7 Å². The normalized spacial score (nSPS) is 16.1. The molecule has 206 valence electrons. The third kappa shape index (κ3) is 5.45. The first-order valence-electron chi connectivity index (χ1n) is 13.6. The predicted molar refractivity (Wildman–Crippen MR) is 153 cm³/mol. The summed E-state index contributed by atoms with van der Waals surface area (Å²) in [5.41, 5.74) is 0.631. The van der Waals surface area contributed by atoms with Gasteiger partial charge in [0.2, 0.25) is 5.91 Å². The summed E-state index contributed by atoms with van der Waals surface area (Å²) < 4.78 is 0. The first-order chi connectivity index (χ1) is 19.3. The fraction of sp³-hybridized carbons (Fsp3) is 0.323. The minimum Gasteiger partial charge on any atom is -0.361 e. The Hall–Kier alpha value is -4.53. The molecule has 4 aromatic rings. The molecule has 1 fully saturated rings. The number of H-pyrrole nitrogens is 1. The number of fused-ring (bicyclic) bond motifs is 1. The molecular formula is C31H33N5O4. The molecule has 2 aromatic heterocycles. The van der Waals surface area contributed by atoms with Gasteiger partial charge in [0, 0.05) is 53.4 Å². The lowest BCUT2D eigenvalue weighted by atomic mass is 9.71. The van der Waals surface area contributed by atoms with Gasteiger partial charge in [-0.2, -0.15) is 0 Å². The van der Waals surface area contributed by atoms with Crippen molar-refractivity contribution in [3.63, 3.8) is 0 Å². The number of nitro benzene ring substituents is 1. The highest BCUT2D eigenvalue weighted by atomic mass is 16.6. The molecule has 1 aliphatic rings. The molecule has 2 aromatic carbocycles. The van der Waals surface area contributed by atoms with Gasteiger partial charge in [-0.25, -0.2) is 0 Å². The van der Waals surface area contributed by atoms with E-state index in [1.165, 1.54) is 18.2 Å². The summed E-state index contributed by atoms with van der Waals surface area (Å²) in [7, 11) is 0. The van der Waals surface area contributed by atoms with Crippen LogP contribution in [0.2, 0.25) is 0 Å². The average Bonchev–Trinajstić information content (AvgIpc) is 3.39. The Morgan fingerprint density at radius 3 is 2.50 bits per heavy atom. The maximum atomic E-state index is 14.0. The number of aromatic amines is 1. The van der Waals surface area contributed by atoms with Crippen molar-refractivity contribution in [1.82, 2.24) is 20.6 Å². The van der Waals surface area contributed by atoms with Gasteiger partial charge in [-0.05, 0) is 49.6 Å². The van der Waals surface area contributed by atoms with Crippen LogP contribution in [-0.4, -0.2) is 38.8 Å². The SMILES string of the molecule is C[C@@](Cc1c[nH]c2ccccc12)(NC(=O)c1ccccc1[N+](=O)[O-])C(=O)NCC1(c2ccccn2)CCCCC1. The van der Waals surface area contributed by atoms with Crippen molar-refractivity contribution in [1.29, 1.82) is 0 Å². The molecule has 3 N–H and O–H groups in total. The van der Waals surface area contributed by atoms with E-state index < -0.39 is 16.4 Å². The summed E-state index contributed by atoms with van der Waals surface area (Å²) in [5.74, 6) is -1.03. The molecule has 0 saturated heterocycles. The molecule has 9 heteroatoms. The van der Waals surface area contributed by atoms with Gasteiger partial charge in [0.05, 0.1) is 4.92 Å². The number of hydrogen-bond acceptors (Lipinski definition) is 5. The zero-order chi connectivity index (χ0) is 28.2. The number of rotatable bonds is 9. The van der Waals surface area contributed by atoms with Crippen LogP contribution in [0.5, 0.6) is 0 Å².